The first-order valence-corrected chi connectivity index (χ1v) is 5.85. The number of rotatable bonds is 5. The summed E-state index contributed by atoms with van der Waals surface area (Å²) < 4.78 is 7.26. The average Bonchev–Trinajstić information content (AvgIpc) is 2.79. The predicted molar refractivity (Wildman–Crippen MR) is 69.8 cm³/mol. The highest BCUT2D eigenvalue weighted by Crippen LogP contribution is 2.21. The fraction of sp³-hybridized carbons (Fsp3) is 0.250. The maximum absolute atomic E-state index is 11.2. The molecule has 2 aromatic heterocycles. The fourth-order valence-corrected chi connectivity index (χ4v) is 1.59. The summed E-state index contributed by atoms with van der Waals surface area (Å²) >= 11 is 0. The van der Waals surface area contributed by atoms with Gasteiger partial charge in [-0.2, -0.15) is 5.10 Å². The number of hydrogen-bond acceptors (Lipinski definition) is 5. The van der Waals surface area contributed by atoms with E-state index in [0.717, 1.165) is 13.0 Å². The van der Waals surface area contributed by atoms with Crippen molar-refractivity contribution in [3.05, 3.63) is 30.2 Å². The maximum Gasteiger partial charge on any atom is 0.251 e. The molecule has 0 spiro atoms. The van der Waals surface area contributed by atoms with Crippen LogP contribution in [0.15, 0.2) is 24.7 Å². The second-order valence-corrected chi connectivity index (χ2v) is 4.02. The number of nitrogens with two attached hydrogens (primary N) is 2. The number of aryl methyl sites for hydroxylation is 1. The summed E-state index contributed by atoms with van der Waals surface area (Å²) in [5.74, 6) is 0.173. The second kappa shape index (κ2) is 5.38. The first-order chi connectivity index (χ1) is 9.10. The van der Waals surface area contributed by atoms with Crippen molar-refractivity contribution < 1.29 is 9.53 Å². The Bertz CT molecular complexity index is 594. The van der Waals surface area contributed by atoms with Gasteiger partial charge in [-0.05, 0) is 6.42 Å². The van der Waals surface area contributed by atoms with E-state index in [1.807, 2.05) is 0 Å². The third kappa shape index (κ3) is 3.01. The number of carbonyl (C=O) groups excluding carboxylic acids is 1. The molecule has 100 valence electrons. The van der Waals surface area contributed by atoms with E-state index in [4.69, 9.17) is 16.2 Å². The predicted octanol–water partition coefficient (Wildman–Crippen LogP) is 1.16. The van der Waals surface area contributed by atoms with Gasteiger partial charge in [0.25, 0.3) is 5.91 Å². The Morgan fingerprint density at radius 2 is 2.26 bits per heavy atom. The van der Waals surface area contributed by atoms with Crippen molar-refractivity contribution in [1.82, 2.24) is 14.8 Å². The summed E-state index contributed by atoms with van der Waals surface area (Å²) in [7, 11) is 0. The van der Waals surface area contributed by atoms with E-state index in [1.165, 1.54) is 12.3 Å². The molecule has 2 aromatic rings. The number of aromatic nitrogens is 3. The first-order valence-electron chi connectivity index (χ1n) is 5.85. The Balaban J connectivity index is 2.18. The van der Waals surface area contributed by atoms with Crippen LogP contribution in [-0.2, 0) is 6.54 Å². The third-order valence-electron chi connectivity index (χ3n) is 2.46. The van der Waals surface area contributed by atoms with Gasteiger partial charge >= 0.3 is 0 Å². The Morgan fingerprint density at radius 1 is 1.47 bits per heavy atom. The van der Waals surface area contributed by atoms with Crippen molar-refractivity contribution in [3.63, 3.8) is 0 Å². The van der Waals surface area contributed by atoms with Gasteiger partial charge < -0.3 is 16.2 Å². The van der Waals surface area contributed by atoms with E-state index in [9.17, 15) is 4.79 Å². The molecule has 4 N–H and O–H groups in total. The zero-order valence-corrected chi connectivity index (χ0v) is 10.5. The van der Waals surface area contributed by atoms with Crippen LogP contribution in [0.2, 0.25) is 0 Å². The van der Waals surface area contributed by atoms with Crippen LogP contribution in [-0.4, -0.2) is 20.7 Å². The van der Waals surface area contributed by atoms with Gasteiger partial charge in [-0.25, -0.2) is 4.98 Å². The molecule has 2 heterocycles. The number of hydrogen-bond donors (Lipinski definition) is 2. The first kappa shape index (κ1) is 12.9. The number of nitrogen functional groups attached to an aromatic ring is 1. The van der Waals surface area contributed by atoms with E-state index in [-0.39, 0.29) is 17.1 Å². The molecule has 0 radical (unpaired) electrons. The molecule has 0 bridgehead atoms. The minimum atomic E-state index is -0.619. The summed E-state index contributed by atoms with van der Waals surface area (Å²) in [5.41, 5.74) is 11.2. The minimum Gasteiger partial charge on any atom is -0.436 e. The van der Waals surface area contributed by atoms with Crippen LogP contribution in [0, 0.1) is 0 Å². The summed E-state index contributed by atoms with van der Waals surface area (Å²) in [6, 6.07) is 1.41. The number of nitrogens with zero attached hydrogens (tertiary/aromatic N) is 3. The van der Waals surface area contributed by atoms with Crippen LogP contribution < -0.4 is 16.2 Å². The molecular weight excluding hydrogens is 246 g/mol. The summed E-state index contributed by atoms with van der Waals surface area (Å²) in [5, 5.41) is 4.12. The van der Waals surface area contributed by atoms with Crippen molar-refractivity contribution in [3.8, 4) is 11.6 Å². The van der Waals surface area contributed by atoms with Crippen molar-refractivity contribution in [2.45, 2.75) is 19.9 Å². The zero-order chi connectivity index (χ0) is 13.8. The molecule has 19 heavy (non-hydrogen) atoms. The van der Waals surface area contributed by atoms with Crippen molar-refractivity contribution in [2.75, 3.05) is 5.73 Å². The minimum absolute atomic E-state index is 0.186. The molecule has 0 aliphatic rings. The fourth-order valence-electron chi connectivity index (χ4n) is 1.59. The molecule has 1 amide bonds. The van der Waals surface area contributed by atoms with E-state index >= 15 is 0 Å². The van der Waals surface area contributed by atoms with Crippen molar-refractivity contribution in [1.29, 1.82) is 0 Å². The Hall–Kier alpha value is -2.57. The van der Waals surface area contributed by atoms with Gasteiger partial charge in [-0.1, -0.05) is 6.92 Å². The van der Waals surface area contributed by atoms with E-state index in [2.05, 4.69) is 17.0 Å². The molecule has 0 aliphatic heterocycles. The molecule has 7 nitrogen and oxygen atoms in total. The highest BCUT2D eigenvalue weighted by Gasteiger charge is 2.10. The Kier molecular flexibility index (Phi) is 3.65. The number of anilines is 1. The molecule has 7 heteroatoms. The number of pyridine rings is 1. The normalized spacial score (nSPS) is 10.4. The van der Waals surface area contributed by atoms with Gasteiger partial charge in [0.05, 0.1) is 29.8 Å². The number of ether oxygens (including phenoxy) is 1. The number of amides is 1. The summed E-state index contributed by atoms with van der Waals surface area (Å²) in [6.45, 7) is 2.87. The highest BCUT2D eigenvalue weighted by molar-refractivity contribution is 5.98. The monoisotopic (exact) mass is 261 g/mol. The van der Waals surface area contributed by atoms with Gasteiger partial charge in [0, 0.05) is 12.6 Å². The molecular formula is C12H15N5O2. The standard InChI is InChI=1S/C12H15N5O2/c1-2-3-17-7-8(5-16-17)19-11-4-9(12(14)18)10(13)6-15-11/h4-7H,2-3,13H2,1H3,(H2,14,18). The number of carbonyl (C=O) groups is 1. The van der Waals surface area contributed by atoms with Crippen LogP contribution >= 0.6 is 0 Å². The lowest BCUT2D eigenvalue weighted by Crippen LogP contribution is -2.13. The molecule has 0 atom stereocenters. The van der Waals surface area contributed by atoms with Crippen LogP contribution in [0.5, 0.6) is 11.6 Å². The smallest absolute Gasteiger partial charge is 0.251 e. The van der Waals surface area contributed by atoms with Crippen LogP contribution in [0.1, 0.15) is 23.7 Å². The van der Waals surface area contributed by atoms with E-state index in [1.54, 1.807) is 17.1 Å². The lowest BCUT2D eigenvalue weighted by molar-refractivity contribution is 0.100. The molecule has 2 rings (SSSR count). The quantitative estimate of drug-likeness (QED) is 0.839. The molecule has 0 aliphatic carbocycles. The number of primary amides is 1. The van der Waals surface area contributed by atoms with Crippen molar-refractivity contribution in [2.24, 2.45) is 5.73 Å². The molecule has 0 saturated carbocycles. The highest BCUT2D eigenvalue weighted by atomic mass is 16.5. The maximum atomic E-state index is 11.2. The van der Waals surface area contributed by atoms with Gasteiger partial charge in [-0.15, -0.1) is 0 Å². The summed E-state index contributed by atoms with van der Waals surface area (Å²) in [6.07, 6.45) is 5.65. The van der Waals surface area contributed by atoms with E-state index < -0.39 is 5.91 Å². The van der Waals surface area contributed by atoms with Crippen molar-refractivity contribution >= 4 is 11.6 Å². The Labute approximate surface area is 110 Å². The largest absolute Gasteiger partial charge is 0.436 e. The molecule has 0 aromatic carbocycles. The lowest BCUT2D eigenvalue weighted by atomic mass is 10.2. The zero-order valence-electron chi connectivity index (χ0n) is 10.5. The molecule has 0 saturated heterocycles. The van der Waals surface area contributed by atoms with Gasteiger partial charge in [0.2, 0.25) is 5.88 Å². The van der Waals surface area contributed by atoms with Crippen LogP contribution in [0.4, 0.5) is 5.69 Å². The van der Waals surface area contributed by atoms with Crippen LogP contribution in [0.3, 0.4) is 0 Å². The van der Waals surface area contributed by atoms with Crippen LogP contribution in [0.25, 0.3) is 0 Å². The Morgan fingerprint density at radius 3 is 2.95 bits per heavy atom. The summed E-state index contributed by atoms with van der Waals surface area (Å²) in [4.78, 5) is 15.1. The topological polar surface area (TPSA) is 109 Å². The molecule has 0 fully saturated rings. The SMILES string of the molecule is CCCn1cc(Oc2cc(C(N)=O)c(N)cn2)cn1. The second-order valence-electron chi connectivity index (χ2n) is 4.02. The van der Waals surface area contributed by atoms with E-state index in [0.29, 0.717) is 5.75 Å². The average molecular weight is 261 g/mol. The molecule has 0 unspecified atom stereocenters. The van der Waals surface area contributed by atoms with Gasteiger partial charge in [0.1, 0.15) is 0 Å². The van der Waals surface area contributed by atoms with Gasteiger partial charge in [-0.3, -0.25) is 9.48 Å². The lowest BCUT2D eigenvalue weighted by Gasteiger charge is -2.05. The van der Waals surface area contributed by atoms with Gasteiger partial charge in [0.15, 0.2) is 5.75 Å². The third-order valence-corrected chi connectivity index (χ3v) is 2.46.